The van der Waals surface area contributed by atoms with Crippen molar-refractivity contribution < 1.29 is 10.2 Å². The average molecular weight is 246 g/mol. The molecule has 88 valence electrons. The van der Waals surface area contributed by atoms with E-state index in [9.17, 15) is 5.11 Å². The van der Waals surface area contributed by atoms with E-state index in [0.29, 0.717) is 10.5 Å². The fourth-order valence-corrected chi connectivity index (χ4v) is 2.11. The minimum absolute atomic E-state index is 0.0626. The average Bonchev–Trinajstić information content (AvgIpc) is 2.35. The zero-order chi connectivity index (χ0) is 12.3. The summed E-state index contributed by atoms with van der Waals surface area (Å²) < 4.78 is 0. The van der Waals surface area contributed by atoms with Crippen LogP contribution in [0.3, 0.4) is 0 Å². The van der Waals surface area contributed by atoms with Crippen molar-refractivity contribution in [3.8, 4) is 5.75 Å². The fourth-order valence-electron chi connectivity index (χ4n) is 1.80. The molecular weight excluding hydrogens is 232 g/mol. The molecule has 2 nitrogen and oxygen atoms in total. The predicted molar refractivity (Wildman–Crippen MR) is 70.5 cm³/mol. The summed E-state index contributed by atoms with van der Waals surface area (Å²) in [7, 11) is 0. The van der Waals surface area contributed by atoms with Gasteiger partial charge in [-0.05, 0) is 29.7 Å². The minimum Gasteiger partial charge on any atom is -0.506 e. The lowest BCUT2D eigenvalue weighted by atomic mass is 10.0. The second-order valence-electron chi connectivity index (χ2n) is 3.94. The Balaban J connectivity index is 2.31. The third-order valence-electron chi connectivity index (χ3n) is 2.65. The van der Waals surface area contributed by atoms with Gasteiger partial charge in [-0.3, -0.25) is 0 Å². The van der Waals surface area contributed by atoms with E-state index >= 15 is 0 Å². The van der Waals surface area contributed by atoms with Crippen molar-refractivity contribution in [3.05, 3.63) is 59.2 Å². The number of benzene rings is 2. The number of rotatable bonds is 3. The molecule has 0 atom stereocenters. The monoisotopic (exact) mass is 246 g/mol. The maximum Gasteiger partial charge on any atom is 0.134 e. The smallest absolute Gasteiger partial charge is 0.134 e. The SMILES string of the molecule is OCc1cc(Cc2ccccc2)cc(S)c1O. The lowest BCUT2D eigenvalue weighted by Gasteiger charge is -2.08. The molecule has 3 heteroatoms. The number of aliphatic hydroxyl groups excluding tert-OH is 1. The quantitative estimate of drug-likeness (QED) is 0.729. The van der Waals surface area contributed by atoms with Crippen molar-refractivity contribution in [2.24, 2.45) is 0 Å². The Hall–Kier alpha value is -1.45. The standard InChI is InChI=1S/C14H14O2S/c15-9-12-7-11(8-13(17)14(12)16)6-10-4-2-1-3-5-10/h1-5,7-8,15-17H,6,9H2. The van der Waals surface area contributed by atoms with Crippen molar-refractivity contribution in [2.45, 2.75) is 17.9 Å². The van der Waals surface area contributed by atoms with E-state index in [0.717, 1.165) is 12.0 Å². The van der Waals surface area contributed by atoms with Crippen molar-refractivity contribution >= 4 is 12.6 Å². The van der Waals surface area contributed by atoms with Gasteiger partial charge in [-0.1, -0.05) is 30.3 Å². The van der Waals surface area contributed by atoms with Crippen molar-refractivity contribution in [2.75, 3.05) is 0 Å². The number of hydrogen-bond donors (Lipinski definition) is 3. The highest BCUT2D eigenvalue weighted by Gasteiger charge is 2.07. The molecule has 0 heterocycles. The molecule has 0 fully saturated rings. The Morgan fingerprint density at radius 3 is 2.35 bits per heavy atom. The van der Waals surface area contributed by atoms with Gasteiger partial charge >= 0.3 is 0 Å². The van der Waals surface area contributed by atoms with Crippen molar-refractivity contribution in [3.63, 3.8) is 0 Å². The van der Waals surface area contributed by atoms with Gasteiger partial charge in [0.2, 0.25) is 0 Å². The molecule has 2 rings (SSSR count). The Labute approximate surface area is 106 Å². The van der Waals surface area contributed by atoms with E-state index in [-0.39, 0.29) is 12.4 Å². The largest absolute Gasteiger partial charge is 0.506 e. The molecule has 0 saturated heterocycles. The van der Waals surface area contributed by atoms with E-state index in [1.165, 1.54) is 5.56 Å². The molecular formula is C14H14O2S. The molecule has 0 saturated carbocycles. The lowest BCUT2D eigenvalue weighted by molar-refractivity contribution is 0.274. The lowest BCUT2D eigenvalue weighted by Crippen LogP contribution is -1.93. The summed E-state index contributed by atoms with van der Waals surface area (Å²) in [5, 5.41) is 18.8. The van der Waals surface area contributed by atoms with Crippen LogP contribution in [0.2, 0.25) is 0 Å². The van der Waals surface area contributed by atoms with Gasteiger partial charge in [0.05, 0.1) is 6.61 Å². The molecule has 0 aliphatic rings. The Morgan fingerprint density at radius 2 is 1.71 bits per heavy atom. The summed E-state index contributed by atoms with van der Waals surface area (Å²) in [6.45, 7) is -0.179. The predicted octanol–water partition coefficient (Wildman–Crippen LogP) is 2.76. The highest BCUT2D eigenvalue weighted by molar-refractivity contribution is 7.80. The van der Waals surface area contributed by atoms with Crippen LogP contribution in [0.15, 0.2) is 47.4 Å². The third-order valence-corrected chi connectivity index (χ3v) is 2.99. The van der Waals surface area contributed by atoms with Gasteiger partial charge in [0.1, 0.15) is 5.75 Å². The van der Waals surface area contributed by atoms with E-state index in [1.807, 2.05) is 42.5 Å². The molecule has 0 unspecified atom stereocenters. The topological polar surface area (TPSA) is 40.5 Å². The molecule has 2 aromatic rings. The van der Waals surface area contributed by atoms with E-state index in [2.05, 4.69) is 12.6 Å². The van der Waals surface area contributed by atoms with Crippen LogP contribution in [0.5, 0.6) is 5.75 Å². The van der Waals surface area contributed by atoms with Crippen LogP contribution in [-0.2, 0) is 13.0 Å². The highest BCUT2D eigenvalue weighted by Crippen LogP contribution is 2.28. The zero-order valence-electron chi connectivity index (χ0n) is 9.30. The van der Waals surface area contributed by atoms with E-state index in [1.54, 1.807) is 0 Å². The second kappa shape index (κ2) is 5.25. The van der Waals surface area contributed by atoms with Gasteiger partial charge in [-0.15, -0.1) is 12.6 Å². The minimum atomic E-state index is -0.179. The number of phenols is 1. The number of aromatic hydroxyl groups is 1. The third kappa shape index (κ3) is 2.81. The van der Waals surface area contributed by atoms with Crippen LogP contribution in [-0.4, -0.2) is 10.2 Å². The van der Waals surface area contributed by atoms with Crippen LogP contribution in [0.25, 0.3) is 0 Å². The summed E-state index contributed by atoms with van der Waals surface area (Å²) in [6.07, 6.45) is 0.766. The molecule has 0 aliphatic heterocycles. The van der Waals surface area contributed by atoms with Gasteiger partial charge < -0.3 is 10.2 Å². The van der Waals surface area contributed by atoms with Crippen LogP contribution >= 0.6 is 12.6 Å². The molecule has 2 N–H and O–H groups in total. The highest BCUT2D eigenvalue weighted by atomic mass is 32.1. The molecule has 0 bridgehead atoms. The Morgan fingerprint density at radius 1 is 1.00 bits per heavy atom. The Bertz CT molecular complexity index is 509. The van der Waals surface area contributed by atoms with Crippen LogP contribution in [0.4, 0.5) is 0 Å². The Kier molecular flexibility index (Phi) is 3.71. The number of hydrogen-bond acceptors (Lipinski definition) is 3. The zero-order valence-corrected chi connectivity index (χ0v) is 10.2. The first kappa shape index (κ1) is 12.0. The number of thiol groups is 1. The van der Waals surface area contributed by atoms with Crippen molar-refractivity contribution in [1.29, 1.82) is 0 Å². The molecule has 0 spiro atoms. The summed E-state index contributed by atoms with van der Waals surface area (Å²) >= 11 is 4.20. The first-order chi connectivity index (χ1) is 8.20. The van der Waals surface area contributed by atoms with Crippen molar-refractivity contribution in [1.82, 2.24) is 0 Å². The molecule has 2 aromatic carbocycles. The van der Waals surface area contributed by atoms with Crippen LogP contribution in [0, 0.1) is 0 Å². The van der Waals surface area contributed by atoms with Gasteiger partial charge in [0.15, 0.2) is 0 Å². The molecule has 0 amide bonds. The molecule has 17 heavy (non-hydrogen) atoms. The van der Waals surface area contributed by atoms with E-state index in [4.69, 9.17) is 5.11 Å². The van der Waals surface area contributed by atoms with Crippen LogP contribution < -0.4 is 0 Å². The maximum atomic E-state index is 9.65. The summed E-state index contributed by atoms with van der Waals surface area (Å²) in [6, 6.07) is 13.7. The fraction of sp³-hybridized carbons (Fsp3) is 0.143. The summed E-state index contributed by atoms with van der Waals surface area (Å²) in [4.78, 5) is 0.502. The summed E-state index contributed by atoms with van der Waals surface area (Å²) in [5.41, 5.74) is 2.74. The first-order valence-electron chi connectivity index (χ1n) is 5.39. The van der Waals surface area contributed by atoms with Crippen LogP contribution in [0.1, 0.15) is 16.7 Å². The van der Waals surface area contributed by atoms with Gasteiger partial charge in [-0.25, -0.2) is 0 Å². The van der Waals surface area contributed by atoms with Gasteiger partial charge in [-0.2, -0.15) is 0 Å². The van der Waals surface area contributed by atoms with E-state index < -0.39 is 0 Å². The van der Waals surface area contributed by atoms with Gasteiger partial charge in [0, 0.05) is 10.5 Å². The maximum absolute atomic E-state index is 9.65. The second-order valence-corrected chi connectivity index (χ2v) is 4.42. The normalized spacial score (nSPS) is 10.5. The molecule has 0 aliphatic carbocycles. The molecule has 0 radical (unpaired) electrons. The number of aliphatic hydroxyl groups is 1. The summed E-state index contributed by atoms with van der Waals surface area (Å²) in [5.74, 6) is 0.0626. The van der Waals surface area contributed by atoms with Gasteiger partial charge in [0.25, 0.3) is 0 Å². The first-order valence-corrected chi connectivity index (χ1v) is 5.84. The molecule has 0 aromatic heterocycles.